The van der Waals surface area contributed by atoms with Gasteiger partial charge in [-0.1, -0.05) is 12.1 Å². The van der Waals surface area contributed by atoms with Gasteiger partial charge in [0.1, 0.15) is 11.9 Å². The van der Waals surface area contributed by atoms with Crippen LogP contribution in [-0.4, -0.2) is 77.2 Å². The van der Waals surface area contributed by atoms with Crippen LogP contribution in [0.15, 0.2) is 29.1 Å². The molecular formula is C19H27Cl2N5O3. The van der Waals surface area contributed by atoms with Crippen molar-refractivity contribution < 1.29 is 9.53 Å². The molecule has 160 valence electrons. The Morgan fingerprint density at radius 3 is 2.86 bits per heavy atom. The van der Waals surface area contributed by atoms with Gasteiger partial charge in [0.05, 0.1) is 24.1 Å². The third-order valence-corrected chi connectivity index (χ3v) is 5.25. The Kier molecular flexibility index (Phi) is 8.42. The van der Waals surface area contributed by atoms with E-state index in [4.69, 9.17) is 4.74 Å². The fourth-order valence-corrected chi connectivity index (χ4v) is 3.77. The number of piperazine rings is 1. The molecule has 4 rings (SSSR count). The summed E-state index contributed by atoms with van der Waals surface area (Å²) in [5, 5.41) is 3.88. The smallest absolute Gasteiger partial charge is 0.258 e. The number of rotatable bonds is 3. The topological polar surface area (TPSA) is 90.6 Å². The maximum atomic E-state index is 12.9. The molecule has 0 bridgehead atoms. The fourth-order valence-electron chi connectivity index (χ4n) is 3.77. The molecule has 2 aliphatic rings. The number of hydrogen-bond acceptors (Lipinski definition) is 6. The summed E-state index contributed by atoms with van der Waals surface area (Å²) >= 11 is 0. The van der Waals surface area contributed by atoms with E-state index in [2.05, 4.69) is 20.2 Å². The molecule has 2 unspecified atom stereocenters. The van der Waals surface area contributed by atoms with Gasteiger partial charge in [0.2, 0.25) is 0 Å². The molecule has 1 aromatic carbocycles. The van der Waals surface area contributed by atoms with Crippen molar-refractivity contribution in [3.63, 3.8) is 0 Å². The second kappa shape index (κ2) is 10.4. The van der Waals surface area contributed by atoms with Crippen molar-refractivity contribution in [1.82, 2.24) is 25.1 Å². The summed E-state index contributed by atoms with van der Waals surface area (Å²) in [4.78, 5) is 36.6. The molecule has 2 aliphatic heterocycles. The molecule has 0 radical (unpaired) electrons. The van der Waals surface area contributed by atoms with Crippen LogP contribution in [-0.2, 0) is 16.1 Å². The number of aromatic nitrogens is 2. The summed E-state index contributed by atoms with van der Waals surface area (Å²) < 4.78 is 5.76. The zero-order valence-electron chi connectivity index (χ0n) is 16.3. The van der Waals surface area contributed by atoms with E-state index < -0.39 is 6.10 Å². The number of carbonyl (C=O) groups excluding carboxylic acids is 1. The number of benzene rings is 1. The van der Waals surface area contributed by atoms with Crippen molar-refractivity contribution in [3.8, 4) is 0 Å². The van der Waals surface area contributed by atoms with Crippen molar-refractivity contribution in [2.45, 2.75) is 25.6 Å². The summed E-state index contributed by atoms with van der Waals surface area (Å²) in [5.74, 6) is 0.663. The number of morpholine rings is 1. The van der Waals surface area contributed by atoms with Crippen LogP contribution >= 0.6 is 24.8 Å². The van der Waals surface area contributed by atoms with Crippen LogP contribution in [0.1, 0.15) is 12.7 Å². The highest BCUT2D eigenvalue weighted by Crippen LogP contribution is 2.14. The summed E-state index contributed by atoms with van der Waals surface area (Å²) in [6.45, 7) is 6.58. The highest BCUT2D eigenvalue weighted by molar-refractivity contribution is 5.85. The monoisotopic (exact) mass is 443 g/mol. The van der Waals surface area contributed by atoms with Crippen LogP contribution in [0.4, 0.5) is 0 Å². The minimum atomic E-state index is -0.466. The Labute approximate surface area is 181 Å². The van der Waals surface area contributed by atoms with Crippen molar-refractivity contribution >= 4 is 41.6 Å². The van der Waals surface area contributed by atoms with Gasteiger partial charge in [-0.3, -0.25) is 14.5 Å². The van der Waals surface area contributed by atoms with Gasteiger partial charge in [-0.2, -0.15) is 0 Å². The number of carbonyl (C=O) groups is 1. The van der Waals surface area contributed by atoms with E-state index in [1.165, 1.54) is 0 Å². The first kappa shape index (κ1) is 23.6. The largest absolute Gasteiger partial charge is 0.366 e. The predicted molar refractivity (Wildman–Crippen MR) is 116 cm³/mol. The van der Waals surface area contributed by atoms with Crippen molar-refractivity contribution in [1.29, 1.82) is 0 Å². The molecule has 2 fully saturated rings. The lowest BCUT2D eigenvalue weighted by Gasteiger charge is -2.39. The normalized spacial score (nSPS) is 22.6. The second-order valence-electron chi connectivity index (χ2n) is 7.21. The molecule has 2 atom stereocenters. The number of fused-ring (bicyclic) bond motifs is 1. The van der Waals surface area contributed by atoms with Crippen LogP contribution in [0.2, 0.25) is 0 Å². The maximum absolute atomic E-state index is 12.9. The summed E-state index contributed by atoms with van der Waals surface area (Å²) in [7, 11) is 0. The first-order chi connectivity index (χ1) is 13.1. The molecule has 29 heavy (non-hydrogen) atoms. The number of amides is 1. The lowest BCUT2D eigenvalue weighted by molar-refractivity contribution is -0.152. The van der Waals surface area contributed by atoms with E-state index in [-0.39, 0.29) is 42.3 Å². The third-order valence-electron chi connectivity index (χ3n) is 5.25. The molecule has 1 aromatic heterocycles. The first-order valence-electron chi connectivity index (χ1n) is 9.45. The first-order valence-corrected chi connectivity index (χ1v) is 9.45. The molecule has 0 aliphatic carbocycles. The number of nitrogens with one attached hydrogen (secondary N) is 2. The van der Waals surface area contributed by atoms with Crippen molar-refractivity contribution in [2.75, 3.05) is 39.3 Å². The van der Waals surface area contributed by atoms with Crippen LogP contribution in [0.25, 0.3) is 10.9 Å². The SMILES string of the molecule is CC1CNCCN1C(=O)C1CN(Cc2nc3ccccc3c(=O)[nH]2)CCO1.Cl.Cl. The lowest BCUT2D eigenvalue weighted by Crippen LogP contribution is -2.58. The molecule has 2 aromatic rings. The average Bonchev–Trinajstić information content (AvgIpc) is 2.68. The lowest BCUT2D eigenvalue weighted by atomic mass is 10.1. The molecule has 8 nitrogen and oxygen atoms in total. The zero-order valence-corrected chi connectivity index (χ0v) is 17.9. The van der Waals surface area contributed by atoms with Crippen LogP contribution in [0.5, 0.6) is 0 Å². The standard InChI is InChI=1S/C19H25N5O3.2ClH/c1-13-10-20-6-7-24(13)19(26)16-11-23(8-9-27-16)12-17-21-15-5-3-2-4-14(15)18(25)22-17;;/h2-5,13,16,20H,6-12H2,1H3,(H,21,22,25);2*1H. The fraction of sp³-hybridized carbons (Fsp3) is 0.526. The molecule has 2 saturated heterocycles. The van der Waals surface area contributed by atoms with Crippen molar-refractivity contribution in [3.05, 3.63) is 40.4 Å². The van der Waals surface area contributed by atoms with Gasteiger partial charge in [0.25, 0.3) is 11.5 Å². The minimum Gasteiger partial charge on any atom is -0.366 e. The number of aromatic amines is 1. The highest BCUT2D eigenvalue weighted by atomic mass is 35.5. The van der Waals surface area contributed by atoms with E-state index >= 15 is 0 Å². The zero-order chi connectivity index (χ0) is 18.8. The number of ether oxygens (including phenoxy) is 1. The van der Waals surface area contributed by atoms with Gasteiger partial charge in [-0.25, -0.2) is 4.98 Å². The number of H-pyrrole nitrogens is 1. The van der Waals surface area contributed by atoms with E-state index in [0.717, 1.165) is 13.1 Å². The number of halogens is 2. The van der Waals surface area contributed by atoms with Crippen LogP contribution in [0.3, 0.4) is 0 Å². The predicted octanol–water partition coefficient (Wildman–Crippen LogP) is 0.788. The van der Waals surface area contributed by atoms with Crippen molar-refractivity contribution in [2.24, 2.45) is 0 Å². The molecule has 1 amide bonds. The van der Waals surface area contributed by atoms with Crippen LogP contribution < -0.4 is 10.9 Å². The van der Waals surface area contributed by atoms with Gasteiger partial charge in [0.15, 0.2) is 0 Å². The summed E-state index contributed by atoms with van der Waals surface area (Å²) in [5.41, 5.74) is 0.554. The Hall–Kier alpha value is -1.71. The van der Waals surface area contributed by atoms with E-state index in [0.29, 0.717) is 49.5 Å². The minimum absolute atomic E-state index is 0. The number of nitrogens with zero attached hydrogens (tertiary/aromatic N) is 3. The van der Waals surface area contributed by atoms with Gasteiger partial charge < -0.3 is 19.9 Å². The quantitative estimate of drug-likeness (QED) is 0.728. The molecular weight excluding hydrogens is 417 g/mol. The van der Waals surface area contributed by atoms with Gasteiger partial charge in [0, 0.05) is 38.8 Å². The van der Waals surface area contributed by atoms with Crippen LogP contribution in [0, 0.1) is 0 Å². The Morgan fingerprint density at radius 2 is 2.07 bits per heavy atom. The maximum Gasteiger partial charge on any atom is 0.258 e. The Morgan fingerprint density at radius 1 is 1.28 bits per heavy atom. The van der Waals surface area contributed by atoms with E-state index in [9.17, 15) is 9.59 Å². The van der Waals surface area contributed by atoms with Gasteiger partial charge in [-0.15, -0.1) is 24.8 Å². The molecule has 3 heterocycles. The molecule has 10 heteroatoms. The van der Waals surface area contributed by atoms with Gasteiger partial charge >= 0.3 is 0 Å². The third kappa shape index (κ3) is 5.26. The van der Waals surface area contributed by atoms with E-state index in [1.54, 1.807) is 6.07 Å². The summed E-state index contributed by atoms with van der Waals surface area (Å²) in [6.07, 6.45) is -0.466. The number of para-hydroxylation sites is 1. The molecule has 2 N–H and O–H groups in total. The Balaban J connectivity index is 0.00000150. The Bertz CT molecular complexity index is 894. The average molecular weight is 444 g/mol. The molecule has 0 spiro atoms. The van der Waals surface area contributed by atoms with Gasteiger partial charge in [-0.05, 0) is 19.1 Å². The molecule has 0 saturated carbocycles. The second-order valence-corrected chi connectivity index (χ2v) is 7.21. The van der Waals surface area contributed by atoms with E-state index in [1.807, 2.05) is 30.0 Å². The number of hydrogen-bond donors (Lipinski definition) is 2. The summed E-state index contributed by atoms with van der Waals surface area (Å²) in [6, 6.07) is 7.48. The highest BCUT2D eigenvalue weighted by Gasteiger charge is 2.33.